The predicted molar refractivity (Wildman–Crippen MR) is 152 cm³/mol. The summed E-state index contributed by atoms with van der Waals surface area (Å²) in [4.78, 5) is 29.1. The molecule has 0 saturated carbocycles. The van der Waals surface area contributed by atoms with Crippen LogP contribution in [0, 0.1) is 0 Å². The van der Waals surface area contributed by atoms with Crippen molar-refractivity contribution >= 4 is 11.8 Å². The van der Waals surface area contributed by atoms with E-state index in [0.29, 0.717) is 16.7 Å². The third-order valence-electron chi connectivity index (χ3n) is 7.95. The van der Waals surface area contributed by atoms with E-state index in [1.807, 2.05) is 66.7 Å². The van der Waals surface area contributed by atoms with Crippen LogP contribution in [0.2, 0.25) is 0 Å². The fourth-order valence-electron chi connectivity index (χ4n) is 5.72. The Balaban J connectivity index is 1.44. The van der Waals surface area contributed by atoms with Gasteiger partial charge in [0.15, 0.2) is 5.78 Å². The molecular weight excluding hydrogens is 482 g/mol. The van der Waals surface area contributed by atoms with Crippen LogP contribution in [0.15, 0.2) is 115 Å². The second-order valence-electron chi connectivity index (χ2n) is 10.5. The van der Waals surface area contributed by atoms with Crippen LogP contribution in [-0.2, 0) is 36.1 Å². The summed E-state index contributed by atoms with van der Waals surface area (Å²) >= 11 is 0. The van der Waals surface area contributed by atoms with Gasteiger partial charge in [0.2, 0.25) is 5.72 Å². The van der Waals surface area contributed by atoms with Gasteiger partial charge in [0, 0.05) is 36.4 Å². The van der Waals surface area contributed by atoms with E-state index in [1.165, 1.54) is 16.7 Å². The van der Waals surface area contributed by atoms with Crippen molar-refractivity contribution in [1.82, 2.24) is 4.90 Å². The molecule has 0 spiro atoms. The molecule has 4 heteroatoms. The van der Waals surface area contributed by atoms with Crippen molar-refractivity contribution in [3.05, 3.63) is 154 Å². The van der Waals surface area contributed by atoms with E-state index in [-0.39, 0.29) is 12.2 Å². The number of carbonyl (C=O) groups excluding carboxylic acids is 2. The zero-order valence-corrected chi connectivity index (χ0v) is 22.1. The third-order valence-corrected chi connectivity index (χ3v) is 7.95. The average Bonchev–Trinajstić information content (AvgIpc) is 3.31. The van der Waals surface area contributed by atoms with Crippen LogP contribution >= 0.6 is 0 Å². The first-order valence-corrected chi connectivity index (χ1v) is 13.5. The lowest BCUT2D eigenvalue weighted by Crippen LogP contribution is -2.43. The first kappa shape index (κ1) is 24.9. The second-order valence-corrected chi connectivity index (χ2v) is 10.5. The van der Waals surface area contributed by atoms with Crippen LogP contribution in [0.4, 0.5) is 0 Å². The fourth-order valence-corrected chi connectivity index (χ4v) is 5.72. The van der Waals surface area contributed by atoms with Gasteiger partial charge in [-0.2, -0.15) is 0 Å². The average molecular weight is 514 g/mol. The Kier molecular flexibility index (Phi) is 6.62. The van der Waals surface area contributed by atoms with E-state index < -0.39 is 11.7 Å². The van der Waals surface area contributed by atoms with Crippen molar-refractivity contribution in [2.45, 2.75) is 37.8 Å². The quantitative estimate of drug-likeness (QED) is 0.221. The molecule has 194 valence electrons. The first-order chi connectivity index (χ1) is 19.0. The minimum Gasteiger partial charge on any atom is -0.431 e. The molecule has 1 aliphatic heterocycles. The molecule has 0 N–H and O–H groups in total. The first-order valence-electron chi connectivity index (χ1n) is 13.5. The maximum atomic E-state index is 13.6. The summed E-state index contributed by atoms with van der Waals surface area (Å²) < 4.78 is 6.50. The number of ether oxygens (including phenoxy) is 1. The number of hydrogen-bond acceptors (Lipinski definition) is 4. The minimum atomic E-state index is -1.13. The molecule has 0 fully saturated rings. The highest BCUT2D eigenvalue weighted by molar-refractivity contribution is 6.09. The highest BCUT2D eigenvalue weighted by Gasteiger charge is 2.47. The van der Waals surface area contributed by atoms with Crippen LogP contribution in [-0.4, -0.2) is 23.7 Å². The summed E-state index contributed by atoms with van der Waals surface area (Å²) in [5, 5.41) is 0. The molecule has 0 aromatic heterocycles. The molecule has 0 saturated heterocycles. The summed E-state index contributed by atoms with van der Waals surface area (Å²) in [6, 6.07) is 33.8. The molecule has 1 heterocycles. The molecule has 4 nitrogen and oxygen atoms in total. The molecule has 4 aromatic rings. The van der Waals surface area contributed by atoms with Crippen molar-refractivity contribution in [2.24, 2.45) is 0 Å². The lowest BCUT2D eigenvalue weighted by Gasteiger charge is -2.38. The Morgan fingerprint density at radius 3 is 1.92 bits per heavy atom. The standard InChI is InChI=1S/C35H31NO3/c1-36-24-31(33(37)29-8-4-2-5-9-29)23-35(36,39-34(38)30-10-6-3-7-11-30)32-22-27-17-16-25-12-14-26(15-13-25)18-20-28(32)21-19-27/h2-15,19,21-22,24H,16-18,20,23H2,1H3. The Labute approximate surface area is 229 Å². The normalized spacial score (nSPS) is 18.3. The van der Waals surface area contributed by atoms with E-state index >= 15 is 0 Å². The smallest absolute Gasteiger partial charge is 0.340 e. The van der Waals surface area contributed by atoms with E-state index in [1.54, 1.807) is 12.1 Å². The van der Waals surface area contributed by atoms with Crippen molar-refractivity contribution in [2.75, 3.05) is 7.05 Å². The SMILES string of the molecule is CN1C=C(C(=O)c2ccccc2)CC1(OC(=O)c1ccccc1)c1cc2ccc1CCc1ccc(cc1)CC2. The predicted octanol–water partition coefficient (Wildman–Crippen LogP) is 6.68. The van der Waals surface area contributed by atoms with Crippen molar-refractivity contribution in [3.8, 4) is 0 Å². The van der Waals surface area contributed by atoms with Gasteiger partial charge in [-0.1, -0.05) is 84.9 Å². The van der Waals surface area contributed by atoms with Gasteiger partial charge >= 0.3 is 5.97 Å². The van der Waals surface area contributed by atoms with Gasteiger partial charge in [-0.05, 0) is 66.1 Å². The van der Waals surface area contributed by atoms with Gasteiger partial charge in [-0.3, -0.25) is 4.79 Å². The zero-order valence-electron chi connectivity index (χ0n) is 22.1. The Morgan fingerprint density at radius 2 is 1.26 bits per heavy atom. The zero-order chi connectivity index (χ0) is 26.8. The van der Waals surface area contributed by atoms with Crippen molar-refractivity contribution < 1.29 is 14.3 Å². The van der Waals surface area contributed by atoms with Gasteiger partial charge in [-0.15, -0.1) is 0 Å². The Hall–Kier alpha value is -4.44. The summed E-state index contributed by atoms with van der Waals surface area (Å²) in [6.07, 6.45) is 5.62. The van der Waals surface area contributed by atoms with E-state index in [0.717, 1.165) is 36.8 Å². The maximum Gasteiger partial charge on any atom is 0.340 e. The molecule has 4 aromatic carbocycles. The van der Waals surface area contributed by atoms with Gasteiger partial charge in [0.1, 0.15) is 0 Å². The molecule has 1 unspecified atom stereocenters. The van der Waals surface area contributed by atoms with Crippen LogP contribution in [0.25, 0.3) is 0 Å². The number of esters is 1. The van der Waals surface area contributed by atoms with Crippen LogP contribution in [0.1, 0.15) is 55.0 Å². The molecular formula is C35H31NO3. The van der Waals surface area contributed by atoms with Crippen LogP contribution in [0.5, 0.6) is 0 Å². The van der Waals surface area contributed by atoms with Crippen LogP contribution in [0.3, 0.4) is 0 Å². The molecule has 9 rings (SSSR count). The number of rotatable bonds is 5. The number of aryl methyl sites for hydroxylation is 4. The van der Waals surface area contributed by atoms with Crippen molar-refractivity contribution in [1.29, 1.82) is 0 Å². The lowest BCUT2D eigenvalue weighted by molar-refractivity contribution is -0.0857. The van der Waals surface area contributed by atoms with Gasteiger partial charge in [0.25, 0.3) is 0 Å². The van der Waals surface area contributed by atoms with E-state index in [4.69, 9.17) is 4.74 Å². The highest BCUT2D eigenvalue weighted by atomic mass is 16.6. The number of Topliss-reactive ketones (excluding diaryl/α,β-unsaturated/α-hetero) is 1. The topological polar surface area (TPSA) is 46.6 Å². The maximum absolute atomic E-state index is 13.6. The largest absolute Gasteiger partial charge is 0.431 e. The summed E-state index contributed by atoms with van der Waals surface area (Å²) in [7, 11) is 1.90. The van der Waals surface area contributed by atoms with E-state index in [9.17, 15) is 9.59 Å². The number of hydrogen-bond donors (Lipinski definition) is 0. The molecule has 39 heavy (non-hydrogen) atoms. The summed E-state index contributed by atoms with van der Waals surface area (Å²) in [5.74, 6) is -0.455. The number of benzene rings is 4. The lowest BCUT2D eigenvalue weighted by atomic mass is 9.86. The minimum absolute atomic E-state index is 0.0493. The highest BCUT2D eigenvalue weighted by Crippen LogP contribution is 2.44. The molecule has 4 aliphatic carbocycles. The van der Waals surface area contributed by atoms with Gasteiger partial charge in [-0.25, -0.2) is 4.79 Å². The van der Waals surface area contributed by atoms with Crippen molar-refractivity contribution in [3.63, 3.8) is 0 Å². The monoisotopic (exact) mass is 513 g/mol. The molecule has 5 aliphatic rings. The van der Waals surface area contributed by atoms with E-state index in [2.05, 4.69) is 42.5 Å². The third kappa shape index (κ3) is 4.90. The Morgan fingerprint density at radius 1 is 0.692 bits per heavy atom. The van der Waals surface area contributed by atoms with Gasteiger partial charge in [0.05, 0.1) is 5.56 Å². The summed E-state index contributed by atoms with van der Waals surface area (Å²) in [6.45, 7) is 0. The molecule has 4 bridgehead atoms. The van der Waals surface area contributed by atoms with Gasteiger partial charge < -0.3 is 9.64 Å². The molecule has 0 amide bonds. The molecule has 0 radical (unpaired) electrons. The number of ketones is 1. The second kappa shape index (κ2) is 10.4. The number of nitrogens with zero attached hydrogens (tertiary/aromatic N) is 1. The molecule has 1 atom stereocenters. The fraction of sp³-hybridized carbons (Fsp3) is 0.200. The summed E-state index contributed by atoms with van der Waals surface area (Å²) in [5.41, 5.74) is 6.45. The van der Waals surface area contributed by atoms with Crippen LogP contribution < -0.4 is 0 Å². The Bertz CT molecular complexity index is 1540. The number of carbonyl (C=O) groups is 2.